The number of hydrogen-bond acceptors (Lipinski definition) is 4. The van der Waals surface area contributed by atoms with Gasteiger partial charge in [-0.2, -0.15) is 13.2 Å². The summed E-state index contributed by atoms with van der Waals surface area (Å²) in [5.74, 6) is -0.863. The second kappa shape index (κ2) is 9.14. The summed E-state index contributed by atoms with van der Waals surface area (Å²) in [5, 5.41) is 10.1. The van der Waals surface area contributed by atoms with Crippen molar-refractivity contribution in [2.45, 2.75) is 12.6 Å². The number of para-hydroxylation sites is 1. The zero-order valence-electron chi connectivity index (χ0n) is 17.0. The first kappa shape index (κ1) is 22.7. The minimum absolute atomic E-state index is 0.0258. The lowest BCUT2D eigenvalue weighted by atomic mass is 10.1. The third-order valence-corrected chi connectivity index (χ3v) is 5.24. The lowest BCUT2D eigenvalue weighted by Crippen LogP contribution is -2.24. The van der Waals surface area contributed by atoms with E-state index in [9.17, 15) is 22.8 Å². The second-order valence-electron chi connectivity index (χ2n) is 7.40. The number of amides is 2. The second-order valence-corrected chi connectivity index (χ2v) is 7.81. The monoisotopic (exact) mass is 478 g/mol. The Morgan fingerprint density at radius 1 is 1.21 bits per heavy atom. The number of nitrogens with one attached hydrogen (secondary N) is 2. The van der Waals surface area contributed by atoms with E-state index in [1.807, 2.05) is 0 Å². The van der Waals surface area contributed by atoms with Crippen LogP contribution >= 0.6 is 11.6 Å². The summed E-state index contributed by atoms with van der Waals surface area (Å²) in [6.07, 6.45) is -4.38. The van der Waals surface area contributed by atoms with Crippen molar-refractivity contribution in [3.05, 3.63) is 59.6 Å². The predicted molar refractivity (Wildman–Crippen MR) is 115 cm³/mol. The minimum atomic E-state index is -4.47. The Morgan fingerprint density at radius 2 is 2.00 bits per heavy atom. The molecule has 0 unspecified atom stereocenters. The predicted octanol–water partition coefficient (Wildman–Crippen LogP) is 4.21. The highest BCUT2D eigenvalue weighted by Crippen LogP contribution is 2.32. The molecule has 0 radical (unpaired) electrons. The Balaban J connectivity index is 1.68. The number of halogens is 4. The lowest BCUT2D eigenvalue weighted by Gasteiger charge is -2.12. The molecule has 2 heterocycles. The van der Waals surface area contributed by atoms with E-state index in [-0.39, 0.29) is 36.3 Å². The summed E-state index contributed by atoms with van der Waals surface area (Å²) in [7, 11) is 0. The number of rotatable bonds is 6. The quantitative estimate of drug-likeness (QED) is 0.556. The Kier molecular flexibility index (Phi) is 6.28. The number of nitrogens with zero attached hydrogens (tertiary/aromatic N) is 2. The molecule has 4 rings (SSSR count). The van der Waals surface area contributed by atoms with Gasteiger partial charge in [0.25, 0.3) is 0 Å². The van der Waals surface area contributed by atoms with Crippen LogP contribution < -0.4 is 15.4 Å². The first-order valence-corrected chi connectivity index (χ1v) is 10.3. The molecule has 3 aromatic rings. The van der Waals surface area contributed by atoms with Crippen LogP contribution in [0.5, 0.6) is 5.75 Å². The van der Waals surface area contributed by atoms with Crippen LogP contribution in [0.4, 0.5) is 19.0 Å². The van der Waals surface area contributed by atoms with E-state index in [1.165, 1.54) is 16.8 Å². The van der Waals surface area contributed by atoms with Crippen LogP contribution in [0.2, 0.25) is 5.02 Å². The molecule has 2 aromatic carbocycles. The molecule has 1 aliphatic rings. The molecule has 1 saturated heterocycles. The van der Waals surface area contributed by atoms with Gasteiger partial charge in [-0.1, -0.05) is 35.9 Å². The number of hydrogen-bond donors (Lipinski definition) is 2. The smallest absolute Gasteiger partial charge is 0.422 e. The van der Waals surface area contributed by atoms with E-state index in [2.05, 4.69) is 15.7 Å². The Hall–Kier alpha value is -3.53. The molecule has 0 saturated carbocycles. The van der Waals surface area contributed by atoms with Crippen LogP contribution in [0.3, 0.4) is 0 Å². The number of alkyl halides is 3. The molecule has 2 amide bonds. The van der Waals surface area contributed by atoms with Gasteiger partial charge in [-0.3, -0.25) is 9.59 Å². The molecule has 172 valence electrons. The maximum absolute atomic E-state index is 12.6. The summed E-state index contributed by atoms with van der Waals surface area (Å²) in [4.78, 5) is 24.0. The number of ether oxygens (including phenoxy) is 1. The molecule has 1 fully saturated rings. The molecular formula is C22H18ClF3N4O3. The van der Waals surface area contributed by atoms with E-state index < -0.39 is 18.7 Å². The van der Waals surface area contributed by atoms with Crippen molar-refractivity contribution in [1.29, 1.82) is 0 Å². The van der Waals surface area contributed by atoms with Gasteiger partial charge in [0.05, 0.1) is 22.3 Å². The van der Waals surface area contributed by atoms with Crippen LogP contribution in [-0.4, -0.2) is 40.9 Å². The third-order valence-electron chi connectivity index (χ3n) is 4.92. The Bertz CT molecular complexity index is 1200. The van der Waals surface area contributed by atoms with Crippen LogP contribution in [0.1, 0.15) is 6.42 Å². The van der Waals surface area contributed by atoms with Gasteiger partial charge in [0.1, 0.15) is 5.75 Å². The van der Waals surface area contributed by atoms with Gasteiger partial charge in [-0.15, -0.1) is 5.10 Å². The molecule has 33 heavy (non-hydrogen) atoms. The molecule has 0 bridgehead atoms. The van der Waals surface area contributed by atoms with Gasteiger partial charge in [-0.05, 0) is 24.3 Å². The van der Waals surface area contributed by atoms with Crippen molar-refractivity contribution in [2.24, 2.45) is 5.92 Å². The largest absolute Gasteiger partial charge is 0.484 e. The SMILES string of the molecule is O=C1C[C@@H](C(=O)Nc2cc(-c3cccc(OCC(F)(F)F)c3)n(-c3ccccc3Cl)n2)CN1. The van der Waals surface area contributed by atoms with Crippen LogP contribution in [-0.2, 0) is 9.59 Å². The molecule has 11 heteroatoms. The van der Waals surface area contributed by atoms with Gasteiger partial charge in [0, 0.05) is 24.6 Å². The van der Waals surface area contributed by atoms with Crippen molar-refractivity contribution in [3.8, 4) is 22.7 Å². The van der Waals surface area contributed by atoms with Gasteiger partial charge >= 0.3 is 6.18 Å². The Labute approximate surface area is 191 Å². The van der Waals surface area contributed by atoms with Crippen molar-refractivity contribution in [1.82, 2.24) is 15.1 Å². The van der Waals surface area contributed by atoms with E-state index in [1.54, 1.807) is 42.5 Å². The zero-order valence-corrected chi connectivity index (χ0v) is 17.8. The normalized spacial score (nSPS) is 15.9. The fraction of sp³-hybridized carbons (Fsp3) is 0.227. The topological polar surface area (TPSA) is 85.2 Å². The van der Waals surface area contributed by atoms with E-state index in [0.717, 1.165) is 0 Å². The molecule has 7 nitrogen and oxygen atoms in total. The third kappa shape index (κ3) is 5.46. The van der Waals surface area contributed by atoms with Crippen molar-refractivity contribution < 1.29 is 27.5 Å². The number of carbonyl (C=O) groups is 2. The molecule has 2 N–H and O–H groups in total. The summed E-state index contributed by atoms with van der Waals surface area (Å²) in [6, 6.07) is 14.5. The maximum Gasteiger partial charge on any atom is 0.422 e. The van der Waals surface area contributed by atoms with E-state index in [4.69, 9.17) is 16.3 Å². The maximum atomic E-state index is 12.6. The highest BCUT2D eigenvalue weighted by molar-refractivity contribution is 6.32. The summed E-state index contributed by atoms with van der Waals surface area (Å²) >= 11 is 6.34. The zero-order chi connectivity index (χ0) is 23.6. The summed E-state index contributed by atoms with van der Waals surface area (Å²) in [6.45, 7) is -1.18. The van der Waals surface area contributed by atoms with Crippen LogP contribution in [0.25, 0.3) is 16.9 Å². The van der Waals surface area contributed by atoms with Gasteiger partial charge in [0.2, 0.25) is 11.8 Å². The minimum Gasteiger partial charge on any atom is -0.484 e. The standard InChI is InChI=1S/C22H18ClF3N4O3/c23-16-6-1-2-7-17(16)30-18(13-4-3-5-15(8-13)33-12-22(24,25)26)10-19(29-30)28-21(32)14-9-20(31)27-11-14/h1-8,10,14H,9,11-12H2,(H,27,31)(H,28,29,32)/t14-/m1/s1. The molecule has 1 aliphatic heterocycles. The van der Waals surface area contributed by atoms with E-state index >= 15 is 0 Å². The van der Waals surface area contributed by atoms with Gasteiger partial charge in [0.15, 0.2) is 12.4 Å². The Morgan fingerprint density at radius 3 is 2.70 bits per heavy atom. The van der Waals surface area contributed by atoms with Crippen molar-refractivity contribution in [2.75, 3.05) is 18.5 Å². The van der Waals surface area contributed by atoms with Crippen molar-refractivity contribution >= 4 is 29.2 Å². The molecular weight excluding hydrogens is 461 g/mol. The highest BCUT2D eigenvalue weighted by atomic mass is 35.5. The summed E-state index contributed by atoms with van der Waals surface area (Å²) in [5.41, 5.74) is 1.48. The molecule has 0 aliphatic carbocycles. The molecule has 1 aromatic heterocycles. The first-order chi connectivity index (χ1) is 15.7. The van der Waals surface area contributed by atoms with Crippen molar-refractivity contribution in [3.63, 3.8) is 0 Å². The fourth-order valence-corrected chi connectivity index (χ4v) is 3.60. The lowest BCUT2D eigenvalue weighted by molar-refractivity contribution is -0.153. The number of anilines is 1. The highest BCUT2D eigenvalue weighted by Gasteiger charge is 2.29. The number of benzene rings is 2. The summed E-state index contributed by atoms with van der Waals surface area (Å²) < 4.78 is 44.0. The number of aromatic nitrogens is 2. The molecule has 0 spiro atoms. The van der Waals surface area contributed by atoms with Crippen LogP contribution in [0.15, 0.2) is 54.6 Å². The van der Waals surface area contributed by atoms with Gasteiger partial charge < -0.3 is 15.4 Å². The number of carbonyl (C=O) groups excluding carboxylic acids is 2. The molecule has 1 atom stereocenters. The average molecular weight is 479 g/mol. The van der Waals surface area contributed by atoms with Crippen LogP contribution in [0, 0.1) is 5.92 Å². The van der Waals surface area contributed by atoms with E-state index in [0.29, 0.717) is 22.0 Å². The fourth-order valence-electron chi connectivity index (χ4n) is 3.38. The average Bonchev–Trinajstić information content (AvgIpc) is 3.39. The first-order valence-electron chi connectivity index (χ1n) is 9.92. The van der Waals surface area contributed by atoms with Gasteiger partial charge in [-0.25, -0.2) is 4.68 Å².